The molecule has 0 fully saturated rings. The van der Waals surface area contributed by atoms with Gasteiger partial charge in [0.2, 0.25) is 0 Å². The minimum Gasteiger partial charge on any atom is -0.298 e. The van der Waals surface area contributed by atoms with E-state index in [9.17, 15) is 10.1 Å². The quantitative estimate of drug-likeness (QED) is 0.593. The Kier molecular flexibility index (Phi) is 5.74. The van der Waals surface area contributed by atoms with Crippen LogP contribution in [-0.2, 0) is 6.54 Å². The first kappa shape index (κ1) is 15.4. The summed E-state index contributed by atoms with van der Waals surface area (Å²) in [4.78, 5) is 12.4. The summed E-state index contributed by atoms with van der Waals surface area (Å²) >= 11 is 6.06. The second-order valence-corrected chi connectivity index (χ2v) is 4.80. The lowest BCUT2D eigenvalue weighted by Gasteiger charge is -2.21. The number of hydrogen-bond acceptors (Lipinski definition) is 4. The number of non-ortho nitro benzene ring substituents is 1. The van der Waals surface area contributed by atoms with Crippen LogP contribution in [0.5, 0.6) is 0 Å². The number of rotatable bonds is 6. The van der Waals surface area contributed by atoms with Gasteiger partial charge >= 0.3 is 0 Å². The van der Waals surface area contributed by atoms with Gasteiger partial charge in [0.1, 0.15) is 0 Å². The van der Waals surface area contributed by atoms with Gasteiger partial charge in [-0.05, 0) is 25.1 Å². The maximum Gasteiger partial charge on any atom is 0.269 e. The molecule has 0 bridgehead atoms. The van der Waals surface area contributed by atoms with Crippen LogP contribution in [0.15, 0.2) is 18.2 Å². The van der Waals surface area contributed by atoms with Crippen LogP contribution in [0.3, 0.4) is 0 Å². The Labute approximate surface area is 117 Å². The molecule has 19 heavy (non-hydrogen) atoms. The predicted molar refractivity (Wildman–Crippen MR) is 73.8 cm³/mol. The van der Waals surface area contributed by atoms with E-state index in [1.165, 1.54) is 18.2 Å². The molecule has 0 aliphatic heterocycles. The van der Waals surface area contributed by atoms with Crippen molar-refractivity contribution < 1.29 is 4.92 Å². The summed E-state index contributed by atoms with van der Waals surface area (Å²) in [7, 11) is 0. The fourth-order valence-electron chi connectivity index (χ4n) is 1.77. The van der Waals surface area contributed by atoms with E-state index in [-0.39, 0.29) is 11.6 Å². The molecule has 0 aromatic heterocycles. The zero-order valence-corrected chi connectivity index (χ0v) is 11.7. The highest BCUT2D eigenvalue weighted by molar-refractivity contribution is 6.31. The molecule has 0 spiro atoms. The normalized spacial score (nSPS) is 12.2. The van der Waals surface area contributed by atoms with Crippen molar-refractivity contribution in [1.29, 1.82) is 5.26 Å². The van der Waals surface area contributed by atoms with Crippen molar-refractivity contribution in [2.75, 3.05) is 13.1 Å². The van der Waals surface area contributed by atoms with Crippen molar-refractivity contribution in [3.63, 3.8) is 0 Å². The molecule has 0 amide bonds. The number of nitro benzene ring substituents is 1. The highest BCUT2D eigenvalue weighted by Gasteiger charge is 2.14. The van der Waals surface area contributed by atoms with Gasteiger partial charge in [-0.2, -0.15) is 5.26 Å². The van der Waals surface area contributed by atoms with Crippen LogP contribution in [-0.4, -0.2) is 22.9 Å². The number of benzene rings is 1. The standard InChI is InChI=1S/C13H16ClN3O2/c1-3-16(8-10(2)7-15)9-11-6-12(17(18)19)4-5-13(11)14/h4-6,10H,3,8-9H2,1-2H3. The lowest BCUT2D eigenvalue weighted by molar-refractivity contribution is -0.384. The van der Waals surface area contributed by atoms with Gasteiger partial charge in [-0.3, -0.25) is 15.0 Å². The third-order valence-electron chi connectivity index (χ3n) is 2.83. The first-order valence-electron chi connectivity index (χ1n) is 6.02. The Morgan fingerprint density at radius 2 is 2.26 bits per heavy atom. The van der Waals surface area contributed by atoms with Gasteiger partial charge in [-0.1, -0.05) is 18.5 Å². The van der Waals surface area contributed by atoms with Gasteiger partial charge in [0.05, 0.1) is 16.9 Å². The monoisotopic (exact) mass is 281 g/mol. The fourth-order valence-corrected chi connectivity index (χ4v) is 1.95. The smallest absolute Gasteiger partial charge is 0.269 e. The van der Waals surface area contributed by atoms with Crippen LogP contribution in [0.2, 0.25) is 5.02 Å². The highest BCUT2D eigenvalue weighted by Crippen LogP contribution is 2.23. The van der Waals surface area contributed by atoms with Crippen molar-refractivity contribution in [2.24, 2.45) is 5.92 Å². The average molecular weight is 282 g/mol. The average Bonchev–Trinajstić information content (AvgIpc) is 2.39. The van der Waals surface area contributed by atoms with E-state index in [4.69, 9.17) is 16.9 Å². The van der Waals surface area contributed by atoms with Crippen LogP contribution in [0, 0.1) is 27.4 Å². The molecule has 0 aliphatic rings. The van der Waals surface area contributed by atoms with Crippen molar-refractivity contribution in [1.82, 2.24) is 4.90 Å². The summed E-state index contributed by atoms with van der Waals surface area (Å²) in [6.07, 6.45) is 0. The highest BCUT2D eigenvalue weighted by atomic mass is 35.5. The van der Waals surface area contributed by atoms with Gasteiger partial charge < -0.3 is 0 Å². The maximum absolute atomic E-state index is 10.7. The predicted octanol–water partition coefficient (Wildman–Crippen LogP) is 3.23. The molecule has 6 heteroatoms. The van der Waals surface area contributed by atoms with E-state index in [0.717, 1.165) is 6.54 Å². The Hall–Kier alpha value is -1.64. The Morgan fingerprint density at radius 1 is 1.58 bits per heavy atom. The zero-order valence-electron chi connectivity index (χ0n) is 11.0. The summed E-state index contributed by atoms with van der Waals surface area (Å²) < 4.78 is 0. The van der Waals surface area contributed by atoms with Crippen molar-refractivity contribution >= 4 is 17.3 Å². The number of nitriles is 1. The van der Waals surface area contributed by atoms with Gasteiger partial charge in [-0.15, -0.1) is 0 Å². The van der Waals surface area contributed by atoms with Crippen molar-refractivity contribution in [3.8, 4) is 6.07 Å². The molecule has 1 rings (SSSR count). The van der Waals surface area contributed by atoms with Crippen molar-refractivity contribution in [2.45, 2.75) is 20.4 Å². The summed E-state index contributed by atoms with van der Waals surface area (Å²) in [5.41, 5.74) is 0.742. The molecule has 1 atom stereocenters. The van der Waals surface area contributed by atoms with E-state index in [1.54, 1.807) is 0 Å². The molecule has 0 saturated heterocycles. The molecule has 0 N–H and O–H groups in total. The van der Waals surface area contributed by atoms with E-state index >= 15 is 0 Å². The second kappa shape index (κ2) is 7.07. The minimum absolute atomic E-state index is 0.0313. The molecular formula is C13H16ClN3O2. The van der Waals surface area contributed by atoms with E-state index < -0.39 is 4.92 Å². The third kappa shape index (κ3) is 4.51. The molecule has 102 valence electrons. The van der Waals surface area contributed by atoms with Gasteiger partial charge in [0.15, 0.2) is 0 Å². The maximum atomic E-state index is 10.7. The van der Waals surface area contributed by atoms with Gasteiger partial charge in [0.25, 0.3) is 5.69 Å². The molecular weight excluding hydrogens is 266 g/mol. The first-order chi connectivity index (χ1) is 8.97. The summed E-state index contributed by atoms with van der Waals surface area (Å²) in [6.45, 7) is 5.70. The molecule has 1 unspecified atom stereocenters. The Morgan fingerprint density at radius 3 is 2.79 bits per heavy atom. The second-order valence-electron chi connectivity index (χ2n) is 4.39. The lowest BCUT2D eigenvalue weighted by atomic mass is 10.1. The summed E-state index contributed by atoms with van der Waals surface area (Å²) in [5, 5.41) is 20.1. The molecule has 0 radical (unpaired) electrons. The molecule has 0 heterocycles. The van der Waals surface area contributed by atoms with Crippen LogP contribution in [0.4, 0.5) is 5.69 Å². The fraction of sp³-hybridized carbons (Fsp3) is 0.462. The van der Waals surface area contributed by atoms with Crippen LogP contribution in [0.25, 0.3) is 0 Å². The lowest BCUT2D eigenvalue weighted by Crippen LogP contribution is -2.27. The number of hydrogen-bond donors (Lipinski definition) is 0. The Bertz CT molecular complexity index is 499. The van der Waals surface area contributed by atoms with E-state index in [1.807, 2.05) is 18.7 Å². The van der Waals surface area contributed by atoms with Gasteiger partial charge in [-0.25, -0.2) is 0 Å². The zero-order chi connectivity index (χ0) is 14.4. The minimum atomic E-state index is -0.436. The van der Waals surface area contributed by atoms with Crippen LogP contribution in [0.1, 0.15) is 19.4 Å². The largest absolute Gasteiger partial charge is 0.298 e. The molecule has 1 aromatic carbocycles. The molecule has 0 aliphatic carbocycles. The SMILES string of the molecule is CCN(Cc1cc([N+](=O)[O-])ccc1Cl)CC(C)C#N. The van der Waals surface area contributed by atoms with Gasteiger partial charge in [0, 0.05) is 30.2 Å². The number of nitro groups is 1. The van der Waals surface area contributed by atoms with E-state index in [2.05, 4.69) is 6.07 Å². The number of halogens is 1. The molecule has 1 aromatic rings. The van der Waals surface area contributed by atoms with Crippen molar-refractivity contribution in [3.05, 3.63) is 38.9 Å². The third-order valence-corrected chi connectivity index (χ3v) is 3.20. The number of nitrogens with zero attached hydrogens (tertiary/aromatic N) is 3. The first-order valence-corrected chi connectivity index (χ1v) is 6.40. The van der Waals surface area contributed by atoms with E-state index in [0.29, 0.717) is 23.7 Å². The Balaban J connectivity index is 2.87. The van der Waals surface area contributed by atoms with Crippen LogP contribution >= 0.6 is 11.6 Å². The molecule has 5 nitrogen and oxygen atoms in total. The summed E-state index contributed by atoms with van der Waals surface area (Å²) in [6, 6.07) is 6.59. The summed E-state index contributed by atoms with van der Waals surface area (Å²) in [5.74, 6) is -0.0857. The molecule has 0 saturated carbocycles. The topological polar surface area (TPSA) is 70.2 Å². The van der Waals surface area contributed by atoms with Crippen LogP contribution < -0.4 is 0 Å².